The number of carbonyl (C=O) groups excluding carboxylic acids is 3. The molecule has 1 amide bonds. The molecule has 0 saturated carbocycles. The number of anilines is 1. The minimum atomic E-state index is -0.652. The van der Waals surface area contributed by atoms with E-state index >= 15 is 0 Å². The lowest BCUT2D eigenvalue weighted by Crippen LogP contribution is -2.21. The molecule has 2 rings (SSSR count). The highest BCUT2D eigenvalue weighted by Crippen LogP contribution is 2.34. The van der Waals surface area contributed by atoms with Crippen LogP contribution in [0.15, 0.2) is 17.0 Å². The third-order valence-corrected chi connectivity index (χ3v) is 3.71. The average molecular weight is 295 g/mol. The number of hydrogen-bond donors (Lipinski definition) is 1. The highest BCUT2D eigenvalue weighted by molar-refractivity contribution is 8.00. The Kier molecular flexibility index (Phi) is 4.29. The van der Waals surface area contributed by atoms with Crippen molar-refractivity contribution in [1.82, 2.24) is 0 Å². The minimum Gasteiger partial charge on any atom is -0.465 e. The van der Waals surface area contributed by atoms with E-state index in [1.54, 1.807) is 13.0 Å². The number of amides is 1. The van der Waals surface area contributed by atoms with Crippen molar-refractivity contribution in [3.8, 4) is 0 Å². The summed E-state index contributed by atoms with van der Waals surface area (Å²) < 4.78 is 9.59. The number of thioether (sulfide) groups is 1. The van der Waals surface area contributed by atoms with E-state index in [4.69, 9.17) is 4.74 Å². The number of nitrogens with one attached hydrogen (secondary N) is 1. The first-order valence-electron chi connectivity index (χ1n) is 5.93. The zero-order valence-electron chi connectivity index (χ0n) is 11.0. The first kappa shape index (κ1) is 14.4. The first-order chi connectivity index (χ1) is 9.56. The Morgan fingerprint density at radius 1 is 1.30 bits per heavy atom. The molecule has 6 nitrogen and oxygen atoms in total. The predicted molar refractivity (Wildman–Crippen MR) is 73.1 cm³/mol. The fourth-order valence-corrected chi connectivity index (χ4v) is 2.61. The topological polar surface area (TPSA) is 81.7 Å². The third kappa shape index (κ3) is 2.77. The maximum absolute atomic E-state index is 11.9. The third-order valence-electron chi connectivity index (χ3n) is 2.65. The maximum Gasteiger partial charge on any atom is 0.339 e. The maximum atomic E-state index is 11.9. The molecule has 0 bridgehead atoms. The van der Waals surface area contributed by atoms with Crippen LogP contribution in [0.2, 0.25) is 0 Å². The second-order valence-corrected chi connectivity index (χ2v) is 4.96. The Hall–Kier alpha value is -2.02. The van der Waals surface area contributed by atoms with Gasteiger partial charge in [-0.15, -0.1) is 11.8 Å². The smallest absolute Gasteiger partial charge is 0.339 e. The molecule has 106 valence electrons. The quantitative estimate of drug-likeness (QED) is 0.855. The molecule has 0 unspecified atom stereocenters. The van der Waals surface area contributed by atoms with Crippen molar-refractivity contribution in [2.24, 2.45) is 0 Å². The molecular formula is C13H13NO5S. The Labute approximate surface area is 119 Å². The zero-order valence-corrected chi connectivity index (χ0v) is 11.8. The van der Waals surface area contributed by atoms with Gasteiger partial charge in [-0.25, -0.2) is 9.59 Å². The molecule has 7 heteroatoms. The second-order valence-electron chi connectivity index (χ2n) is 3.94. The van der Waals surface area contributed by atoms with Gasteiger partial charge < -0.3 is 14.8 Å². The number of methoxy groups -OCH3 is 1. The number of esters is 2. The van der Waals surface area contributed by atoms with Crippen LogP contribution < -0.4 is 5.32 Å². The van der Waals surface area contributed by atoms with Crippen molar-refractivity contribution < 1.29 is 23.9 Å². The van der Waals surface area contributed by atoms with Crippen molar-refractivity contribution >= 4 is 35.3 Å². The van der Waals surface area contributed by atoms with Gasteiger partial charge in [0.1, 0.15) is 0 Å². The van der Waals surface area contributed by atoms with Crippen LogP contribution in [0.3, 0.4) is 0 Å². The van der Waals surface area contributed by atoms with Gasteiger partial charge in [-0.1, -0.05) is 0 Å². The highest BCUT2D eigenvalue weighted by Gasteiger charge is 2.25. The van der Waals surface area contributed by atoms with Gasteiger partial charge in [-0.2, -0.15) is 0 Å². The van der Waals surface area contributed by atoms with Gasteiger partial charge in [0, 0.05) is 4.90 Å². The van der Waals surface area contributed by atoms with E-state index in [-0.39, 0.29) is 29.4 Å². The zero-order chi connectivity index (χ0) is 14.7. The van der Waals surface area contributed by atoms with E-state index in [0.717, 1.165) is 4.90 Å². The van der Waals surface area contributed by atoms with E-state index in [9.17, 15) is 14.4 Å². The summed E-state index contributed by atoms with van der Waals surface area (Å²) in [5.74, 6) is -1.12. The lowest BCUT2D eigenvalue weighted by Gasteiger charge is -2.18. The normalized spacial score (nSPS) is 13.2. The van der Waals surface area contributed by atoms with E-state index in [0.29, 0.717) is 5.69 Å². The predicted octanol–water partition coefficient (Wildman–Crippen LogP) is 1.69. The summed E-state index contributed by atoms with van der Waals surface area (Å²) in [6, 6.07) is 2.99. The van der Waals surface area contributed by atoms with Gasteiger partial charge in [0.2, 0.25) is 5.91 Å². The van der Waals surface area contributed by atoms with E-state index in [1.807, 2.05) is 0 Å². The number of ether oxygens (including phenoxy) is 2. The van der Waals surface area contributed by atoms with Crippen LogP contribution in [0.25, 0.3) is 0 Å². The summed E-state index contributed by atoms with van der Waals surface area (Å²) in [7, 11) is 1.23. The summed E-state index contributed by atoms with van der Waals surface area (Å²) in [5, 5.41) is 2.66. The van der Waals surface area contributed by atoms with E-state index < -0.39 is 11.9 Å². The Morgan fingerprint density at radius 2 is 2.00 bits per heavy atom. The van der Waals surface area contributed by atoms with Gasteiger partial charge in [0.25, 0.3) is 0 Å². The van der Waals surface area contributed by atoms with Gasteiger partial charge in [0.15, 0.2) is 0 Å². The van der Waals surface area contributed by atoms with Gasteiger partial charge in [0.05, 0.1) is 36.3 Å². The molecule has 1 heterocycles. The Morgan fingerprint density at radius 3 is 2.65 bits per heavy atom. The van der Waals surface area contributed by atoms with Crippen molar-refractivity contribution in [3.05, 3.63) is 23.3 Å². The van der Waals surface area contributed by atoms with E-state index in [1.165, 1.54) is 24.9 Å². The lowest BCUT2D eigenvalue weighted by molar-refractivity contribution is -0.113. The Bertz CT molecular complexity index is 584. The van der Waals surface area contributed by atoms with Crippen LogP contribution in [0, 0.1) is 0 Å². The molecule has 0 atom stereocenters. The van der Waals surface area contributed by atoms with Crippen LogP contribution in [-0.2, 0) is 14.3 Å². The summed E-state index contributed by atoms with van der Waals surface area (Å²) in [6.45, 7) is 1.89. The molecule has 1 N–H and O–H groups in total. The Balaban J connectivity index is 2.51. The molecule has 20 heavy (non-hydrogen) atoms. The summed E-state index contributed by atoms with van der Waals surface area (Å²) >= 11 is 1.30. The van der Waals surface area contributed by atoms with Crippen molar-refractivity contribution in [3.63, 3.8) is 0 Å². The molecule has 1 aromatic carbocycles. The second kappa shape index (κ2) is 5.96. The van der Waals surface area contributed by atoms with Crippen LogP contribution in [-0.4, -0.2) is 37.3 Å². The molecule has 1 aromatic rings. The van der Waals surface area contributed by atoms with Crippen LogP contribution in [0.4, 0.5) is 5.69 Å². The summed E-state index contributed by atoms with van der Waals surface area (Å²) in [4.78, 5) is 35.8. The molecular weight excluding hydrogens is 282 g/mol. The number of hydrogen-bond acceptors (Lipinski definition) is 6. The van der Waals surface area contributed by atoms with Crippen LogP contribution in [0.1, 0.15) is 27.6 Å². The number of carbonyl (C=O) groups is 3. The van der Waals surface area contributed by atoms with Crippen molar-refractivity contribution in [2.45, 2.75) is 11.8 Å². The molecule has 0 fully saturated rings. The number of rotatable bonds is 3. The number of fused-ring (bicyclic) bond motifs is 1. The molecule has 0 aromatic heterocycles. The van der Waals surface area contributed by atoms with Crippen molar-refractivity contribution in [2.75, 3.05) is 24.8 Å². The molecule has 0 aliphatic carbocycles. The molecule has 1 aliphatic heterocycles. The monoisotopic (exact) mass is 295 g/mol. The fourth-order valence-electron chi connectivity index (χ4n) is 1.78. The summed E-state index contributed by atoms with van der Waals surface area (Å²) in [6.07, 6.45) is 0. The largest absolute Gasteiger partial charge is 0.465 e. The van der Waals surface area contributed by atoms with Crippen LogP contribution in [0.5, 0.6) is 0 Å². The standard InChI is InChI=1S/C13H13NO5S/c1-3-19-13(17)8-5-10-9(14-11(15)6-20-10)4-7(8)12(16)18-2/h4-5H,3,6H2,1-2H3,(H,14,15). The molecule has 0 radical (unpaired) electrons. The molecule has 0 spiro atoms. The average Bonchev–Trinajstić information content (AvgIpc) is 2.45. The first-order valence-corrected chi connectivity index (χ1v) is 6.91. The highest BCUT2D eigenvalue weighted by atomic mass is 32.2. The fraction of sp³-hybridized carbons (Fsp3) is 0.308. The SMILES string of the molecule is CCOC(=O)c1cc2c(cc1C(=O)OC)NC(=O)CS2. The summed E-state index contributed by atoms with van der Waals surface area (Å²) in [5.41, 5.74) is 0.716. The van der Waals surface area contributed by atoms with Crippen molar-refractivity contribution in [1.29, 1.82) is 0 Å². The number of benzene rings is 1. The minimum absolute atomic E-state index is 0.0764. The molecule has 0 saturated heterocycles. The lowest BCUT2D eigenvalue weighted by atomic mass is 10.1. The van der Waals surface area contributed by atoms with Gasteiger partial charge in [-0.05, 0) is 19.1 Å². The van der Waals surface area contributed by atoms with Gasteiger partial charge in [-0.3, -0.25) is 4.79 Å². The molecule has 1 aliphatic rings. The van der Waals surface area contributed by atoms with Crippen LogP contribution >= 0.6 is 11.8 Å². The van der Waals surface area contributed by atoms with E-state index in [2.05, 4.69) is 10.1 Å². The van der Waals surface area contributed by atoms with Gasteiger partial charge >= 0.3 is 11.9 Å².